The van der Waals surface area contributed by atoms with Gasteiger partial charge in [-0.25, -0.2) is 4.79 Å². The summed E-state index contributed by atoms with van der Waals surface area (Å²) >= 11 is 0. The van der Waals surface area contributed by atoms with Crippen molar-refractivity contribution in [3.63, 3.8) is 0 Å². The van der Waals surface area contributed by atoms with Gasteiger partial charge >= 0.3 is 5.97 Å². The average Bonchev–Trinajstić information content (AvgIpc) is 2.74. The van der Waals surface area contributed by atoms with Crippen LogP contribution < -0.4 is 19.5 Å². The van der Waals surface area contributed by atoms with Crippen molar-refractivity contribution >= 4 is 18.0 Å². The van der Waals surface area contributed by atoms with Crippen LogP contribution in [0.3, 0.4) is 0 Å². The van der Waals surface area contributed by atoms with E-state index in [9.17, 15) is 9.59 Å². The van der Waals surface area contributed by atoms with Gasteiger partial charge in [-0.1, -0.05) is 29.8 Å². The molecule has 2 aromatic carbocycles. The highest BCUT2D eigenvalue weighted by atomic mass is 16.5. The Kier molecular flexibility index (Phi) is 8.09. The van der Waals surface area contributed by atoms with Crippen LogP contribution in [0.4, 0.5) is 0 Å². The third-order valence-corrected chi connectivity index (χ3v) is 4.05. The predicted octanol–water partition coefficient (Wildman–Crippen LogP) is 2.89. The predicted molar refractivity (Wildman–Crippen MR) is 109 cm³/mol. The second-order valence-corrected chi connectivity index (χ2v) is 6.16. The van der Waals surface area contributed by atoms with Crippen LogP contribution in [-0.2, 0) is 20.9 Å². The molecule has 2 rings (SSSR count). The van der Waals surface area contributed by atoms with Gasteiger partial charge < -0.3 is 24.3 Å². The standard InChI is InChI=1S/C22H25NO6/c1-15-5-7-16(8-6-15)13-23-20(24)14-29-21(25)10-9-17-11-18(26-2)22(28-4)19(12-17)27-3/h5-12H,13-14H2,1-4H3,(H,23,24)/b10-9+. The fourth-order valence-corrected chi connectivity index (χ4v) is 2.50. The van der Waals surface area contributed by atoms with Crippen LogP contribution in [-0.4, -0.2) is 39.8 Å². The Morgan fingerprint density at radius 3 is 2.14 bits per heavy atom. The van der Waals surface area contributed by atoms with E-state index < -0.39 is 5.97 Å². The van der Waals surface area contributed by atoms with Gasteiger partial charge in [-0.05, 0) is 36.3 Å². The van der Waals surface area contributed by atoms with Crippen LogP contribution in [0.5, 0.6) is 17.2 Å². The van der Waals surface area contributed by atoms with E-state index in [0.29, 0.717) is 29.4 Å². The smallest absolute Gasteiger partial charge is 0.331 e. The zero-order valence-electron chi connectivity index (χ0n) is 17.0. The van der Waals surface area contributed by atoms with Gasteiger partial charge in [0.1, 0.15) is 0 Å². The summed E-state index contributed by atoms with van der Waals surface area (Å²) in [6.45, 7) is 2.01. The number of hydrogen-bond acceptors (Lipinski definition) is 6. The minimum atomic E-state index is -0.635. The van der Waals surface area contributed by atoms with Gasteiger partial charge in [0.15, 0.2) is 18.1 Å². The van der Waals surface area contributed by atoms with Crippen molar-refractivity contribution in [2.24, 2.45) is 0 Å². The quantitative estimate of drug-likeness (QED) is 0.516. The Hall–Kier alpha value is -3.48. The summed E-state index contributed by atoms with van der Waals surface area (Å²) in [6.07, 6.45) is 2.77. The van der Waals surface area contributed by atoms with Gasteiger partial charge in [-0.2, -0.15) is 0 Å². The van der Waals surface area contributed by atoms with Crippen molar-refractivity contribution in [1.29, 1.82) is 0 Å². The summed E-state index contributed by atoms with van der Waals surface area (Å²) in [5, 5.41) is 2.70. The monoisotopic (exact) mass is 399 g/mol. The molecule has 2 aromatic rings. The number of ether oxygens (including phenoxy) is 4. The van der Waals surface area contributed by atoms with Crippen LogP contribution in [0.1, 0.15) is 16.7 Å². The molecule has 7 nitrogen and oxygen atoms in total. The third kappa shape index (κ3) is 6.57. The van der Waals surface area contributed by atoms with E-state index in [-0.39, 0.29) is 12.5 Å². The summed E-state index contributed by atoms with van der Waals surface area (Å²) in [5.74, 6) is 0.384. The number of aryl methyl sites for hydroxylation is 1. The largest absolute Gasteiger partial charge is 0.493 e. The highest BCUT2D eigenvalue weighted by molar-refractivity contribution is 5.89. The maximum absolute atomic E-state index is 11.9. The molecule has 0 radical (unpaired) electrons. The Balaban J connectivity index is 1.87. The fraction of sp³-hybridized carbons (Fsp3) is 0.273. The lowest BCUT2D eigenvalue weighted by Gasteiger charge is -2.12. The first kappa shape index (κ1) is 21.8. The molecule has 154 valence electrons. The van der Waals surface area contributed by atoms with Crippen LogP contribution in [0.15, 0.2) is 42.5 Å². The molecule has 0 saturated heterocycles. The molecule has 0 heterocycles. The Labute approximate surface area is 170 Å². The molecular formula is C22H25NO6. The number of carbonyl (C=O) groups excluding carboxylic acids is 2. The van der Waals surface area contributed by atoms with E-state index >= 15 is 0 Å². The number of methoxy groups -OCH3 is 3. The number of rotatable bonds is 9. The third-order valence-electron chi connectivity index (χ3n) is 4.05. The Morgan fingerprint density at radius 2 is 1.59 bits per heavy atom. The molecule has 29 heavy (non-hydrogen) atoms. The molecule has 1 N–H and O–H groups in total. The summed E-state index contributed by atoms with van der Waals surface area (Å²) < 4.78 is 20.8. The highest BCUT2D eigenvalue weighted by Gasteiger charge is 2.12. The molecule has 0 saturated carbocycles. The van der Waals surface area contributed by atoms with Crippen molar-refractivity contribution in [3.8, 4) is 17.2 Å². The van der Waals surface area contributed by atoms with Crippen molar-refractivity contribution in [3.05, 3.63) is 59.2 Å². The van der Waals surface area contributed by atoms with E-state index in [1.54, 1.807) is 12.1 Å². The summed E-state index contributed by atoms with van der Waals surface area (Å²) in [5.41, 5.74) is 2.77. The van der Waals surface area contributed by atoms with E-state index in [1.807, 2.05) is 31.2 Å². The molecule has 0 aromatic heterocycles. The Morgan fingerprint density at radius 1 is 0.966 bits per heavy atom. The molecule has 0 aliphatic heterocycles. The first-order chi connectivity index (χ1) is 14.0. The minimum Gasteiger partial charge on any atom is -0.493 e. The maximum Gasteiger partial charge on any atom is 0.331 e. The molecule has 0 aliphatic carbocycles. The van der Waals surface area contributed by atoms with Crippen LogP contribution in [0.25, 0.3) is 6.08 Å². The lowest BCUT2D eigenvalue weighted by molar-refractivity contribution is -0.143. The molecule has 0 fully saturated rings. The molecule has 7 heteroatoms. The normalized spacial score (nSPS) is 10.5. The zero-order valence-corrected chi connectivity index (χ0v) is 17.0. The van der Waals surface area contributed by atoms with E-state index in [4.69, 9.17) is 18.9 Å². The minimum absolute atomic E-state index is 0.357. The van der Waals surface area contributed by atoms with Gasteiger partial charge in [0, 0.05) is 12.6 Å². The molecular weight excluding hydrogens is 374 g/mol. The highest BCUT2D eigenvalue weighted by Crippen LogP contribution is 2.38. The number of benzene rings is 2. The van der Waals surface area contributed by atoms with Gasteiger partial charge in [-0.15, -0.1) is 0 Å². The first-order valence-corrected chi connectivity index (χ1v) is 8.94. The van der Waals surface area contributed by atoms with Crippen molar-refractivity contribution in [2.75, 3.05) is 27.9 Å². The van der Waals surface area contributed by atoms with E-state index in [2.05, 4.69) is 5.32 Å². The summed E-state index contributed by atoms with van der Waals surface area (Å²) in [6, 6.07) is 11.2. The van der Waals surface area contributed by atoms with E-state index in [0.717, 1.165) is 11.1 Å². The molecule has 0 bridgehead atoms. The van der Waals surface area contributed by atoms with Gasteiger partial charge in [-0.3, -0.25) is 4.79 Å². The number of carbonyl (C=O) groups is 2. The van der Waals surface area contributed by atoms with Crippen molar-refractivity contribution in [2.45, 2.75) is 13.5 Å². The maximum atomic E-state index is 11.9. The zero-order chi connectivity index (χ0) is 21.2. The average molecular weight is 399 g/mol. The molecule has 0 atom stereocenters. The summed E-state index contributed by atoms with van der Waals surface area (Å²) in [4.78, 5) is 23.7. The number of amides is 1. The summed E-state index contributed by atoms with van der Waals surface area (Å²) in [7, 11) is 4.53. The lowest BCUT2D eigenvalue weighted by Crippen LogP contribution is -2.28. The van der Waals surface area contributed by atoms with Gasteiger partial charge in [0.2, 0.25) is 5.75 Å². The van der Waals surface area contributed by atoms with Crippen LogP contribution in [0, 0.1) is 6.92 Å². The molecule has 1 amide bonds. The van der Waals surface area contributed by atoms with Crippen molar-refractivity contribution < 1.29 is 28.5 Å². The Bertz CT molecular complexity index is 848. The molecule has 0 unspecified atom stereocenters. The van der Waals surface area contributed by atoms with Gasteiger partial charge in [0.05, 0.1) is 21.3 Å². The van der Waals surface area contributed by atoms with Crippen LogP contribution in [0.2, 0.25) is 0 Å². The number of hydrogen-bond donors (Lipinski definition) is 1. The first-order valence-electron chi connectivity index (χ1n) is 8.94. The van der Waals surface area contributed by atoms with Crippen LogP contribution >= 0.6 is 0 Å². The second-order valence-electron chi connectivity index (χ2n) is 6.16. The van der Waals surface area contributed by atoms with Gasteiger partial charge in [0.25, 0.3) is 5.91 Å². The molecule has 0 spiro atoms. The topological polar surface area (TPSA) is 83.1 Å². The molecule has 0 aliphatic rings. The SMILES string of the molecule is COc1cc(/C=C/C(=O)OCC(=O)NCc2ccc(C)cc2)cc(OC)c1OC. The number of nitrogens with one attached hydrogen (secondary N) is 1. The lowest BCUT2D eigenvalue weighted by atomic mass is 10.1. The number of esters is 1. The fourth-order valence-electron chi connectivity index (χ4n) is 2.50. The van der Waals surface area contributed by atoms with Crippen molar-refractivity contribution in [1.82, 2.24) is 5.32 Å². The van der Waals surface area contributed by atoms with E-state index in [1.165, 1.54) is 33.5 Å². The second kappa shape index (κ2) is 10.8.